The first-order valence-electron chi connectivity index (χ1n) is 10.1. The maximum Gasteiger partial charge on any atom is 0.251 e. The predicted octanol–water partition coefficient (Wildman–Crippen LogP) is 4.69. The first kappa shape index (κ1) is 22.4. The lowest BCUT2D eigenvalue weighted by Crippen LogP contribution is -2.54. The summed E-state index contributed by atoms with van der Waals surface area (Å²) in [6, 6.07) is 12.4. The van der Waals surface area contributed by atoms with Crippen LogP contribution in [0.25, 0.3) is 0 Å². The molecule has 2 aromatic carbocycles. The Bertz CT molecular complexity index is 926. The monoisotopic (exact) mass is 447 g/mol. The van der Waals surface area contributed by atoms with Crippen LogP contribution in [0.15, 0.2) is 42.5 Å². The van der Waals surface area contributed by atoms with E-state index in [0.29, 0.717) is 22.2 Å². The van der Waals surface area contributed by atoms with Crippen molar-refractivity contribution in [2.24, 2.45) is 0 Å². The lowest BCUT2D eigenvalue weighted by molar-refractivity contribution is -0.127. The second-order valence-corrected chi connectivity index (χ2v) is 8.98. The van der Waals surface area contributed by atoms with Crippen LogP contribution in [0.2, 0.25) is 10.0 Å². The highest BCUT2D eigenvalue weighted by atomic mass is 35.5. The lowest BCUT2D eigenvalue weighted by Gasteiger charge is -2.31. The van der Waals surface area contributed by atoms with Gasteiger partial charge in [-0.3, -0.25) is 9.59 Å². The van der Waals surface area contributed by atoms with Crippen LogP contribution in [0, 0.1) is 0 Å². The van der Waals surface area contributed by atoms with Crippen molar-refractivity contribution in [1.82, 2.24) is 5.32 Å². The highest BCUT2D eigenvalue weighted by Gasteiger charge is 2.36. The van der Waals surface area contributed by atoms with E-state index in [2.05, 4.69) is 24.1 Å². The van der Waals surface area contributed by atoms with Crippen LogP contribution in [-0.4, -0.2) is 36.5 Å². The summed E-state index contributed by atoms with van der Waals surface area (Å²) >= 11 is 12.1. The molecule has 0 aliphatic carbocycles. The van der Waals surface area contributed by atoms with E-state index >= 15 is 0 Å². The zero-order valence-corrected chi connectivity index (χ0v) is 19.2. The van der Waals surface area contributed by atoms with Gasteiger partial charge in [0.1, 0.15) is 6.04 Å². The van der Waals surface area contributed by atoms with E-state index in [0.717, 1.165) is 11.4 Å². The Kier molecular flexibility index (Phi) is 6.94. The van der Waals surface area contributed by atoms with Gasteiger partial charge in [-0.25, -0.2) is 0 Å². The lowest BCUT2D eigenvalue weighted by atomic mass is 10.1. The summed E-state index contributed by atoms with van der Waals surface area (Å²) in [5.41, 5.74) is 2.56. The Balaban J connectivity index is 1.89. The Labute approximate surface area is 187 Å². The van der Waals surface area contributed by atoms with Gasteiger partial charge < -0.3 is 15.1 Å². The third-order valence-electron chi connectivity index (χ3n) is 5.13. The van der Waals surface area contributed by atoms with Crippen molar-refractivity contribution in [3.05, 3.63) is 58.1 Å². The van der Waals surface area contributed by atoms with E-state index in [1.807, 2.05) is 38.1 Å². The van der Waals surface area contributed by atoms with Crippen LogP contribution >= 0.6 is 23.2 Å². The third kappa shape index (κ3) is 4.90. The van der Waals surface area contributed by atoms with Gasteiger partial charge in [-0.05, 0) is 63.6 Å². The average molecular weight is 448 g/mol. The largest absolute Gasteiger partial charge is 0.365 e. The van der Waals surface area contributed by atoms with Crippen LogP contribution in [0.5, 0.6) is 0 Å². The molecule has 0 saturated carbocycles. The molecule has 7 heteroatoms. The summed E-state index contributed by atoms with van der Waals surface area (Å²) in [5.74, 6) is -0.358. The highest BCUT2D eigenvalue weighted by molar-refractivity contribution is 6.34. The molecule has 1 unspecified atom stereocenters. The van der Waals surface area contributed by atoms with Crippen molar-refractivity contribution in [2.45, 2.75) is 52.2 Å². The zero-order valence-electron chi connectivity index (χ0n) is 17.7. The van der Waals surface area contributed by atoms with E-state index in [9.17, 15) is 9.59 Å². The number of hydrogen-bond donors (Lipinski definition) is 1. The van der Waals surface area contributed by atoms with E-state index in [-0.39, 0.29) is 30.3 Å². The summed E-state index contributed by atoms with van der Waals surface area (Å²) in [4.78, 5) is 30.2. The number of carbonyl (C=O) groups excluding carboxylic acids is 2. The highest BCUT2D eigenvalue weighted by Crippen LogP contribution is 2.35. The molecule has 0 spiro atoms. The van der Waals surface area contributed by atoms with E-state index in [1.165, 1.54) is 0 Å². The minimum atomic E-state index is -0.663. The van der Waals surface area contributed by atoms with Gasteiger partial charge in [0.15, 0.2) is 0 Å². The van der Waals surface area contributed by atoms with E-state index in [1.54, 1.807) is 23.1 Å². The van der Waals surface area contributed by atoms with Crippen molar-refractivity contribution >= 4 is 46.4 Å². The number of rotatable bonds is 5. The van der Waals surface area contributed by atoms with Crippen molar-refractivity contribution in [1.29, 1.82) is 0 Å². The first-order valence-corrected chi connectivity index (χ1v) is 10.9. The quantitative estimate of drug-likeness (QED) is 0.722. The Hall–Kier alpha value is -2.24. The second kappa shape index (κ2) is 9.27. The Morgan fingerprint density at radius 2 is 1.63 bits per heavy atom. The minimum absolute atomic E-state index is 0.0445. The van der Waals surface area contributed by atoms with Crippen LogP contribution < -0.4 is 15.1 Å². The second-order valence-electron chi connectivity index (χ2n) is 8.11. The number of amides is 2. The fraction of sp³-hybridized carbons (Fsp3) is 0.391. The minimum Gasteiger partial charge on any atom is -0.365 e. The molecule has 0 fully saturated rings. The molecule has 1 aliphatic heterocycles. The molecule has 1 N–H and O–H groups in total. The molecule has 1 heterocycles. The smallest absolute Gasteiger partial charge is 0.251 e. The van der Waals surface area contributed by atoms with Crippen LogP contribution in [0.4, 0.5) is 11.4 Å². The molecule has 5 nitrogen and oxygen atoms in total. The number of fused-ring (bicyclic) bond motifs is 1. The summed E-state index contributed by atoms with van der Waals surface area (Å²) in [6.45, 7) is 8.52. The molecule has 3 rings (SSSR count). The van der Waals surface area contributed by atoms with E-state index < -0.39 is 6.04 Å². The molecule has 1 aliphatic rings. The average Bonchev–Trinajstić information content (AvgIpc) is 2.75. The number of benzene rings is 2. The van der Waals surface area contributed by atoms with Crippen molar-refractivity contribution < 1.29 is 9.59 Å². The number of halogens is 2. The Morgan fingerprint density at radius 1 is 1.03 bits per heavy atom. The molecule has 160 valence electrons. The summed E-state index contributed by atoms with van der Waals surface area (Å²) in [5, 5.41) is 3.89. The molecule has 0 radical (unpaired) electrons. The first-order chi connectivity index (χ1) is 14.2. The molecular formula is C23H27Cl2N3O2. The van der Waals surface area contributed by atoms with Crippen molar-refractivity contribution in [3.63, 3.8) is 0 Å². The van der Waals surface area contributed by atoms with Crippen LogP contribution in [0.1, 0.15) is 33.3 Å². The van der Waals surface area contributed by atoms with Gasteiger partial charge in [0, 0.05) is 28.7 Å². The van der Waals surface area contributed by atoms with Gasteiger partial charge in [0.25, 0.3) is 5.91 Å². The van der Waals surface area contributed by atoms with Gasteiger partial charge in [-0.15, -0.1) is 0 Å². The van der Waals surface area contributed by atoms with Crippen molar-refractivity contribution in [3.8, 4) is 0 Å². The maximum atomic E-state index is 13.5. The number of hydrogen-bond acceptors (Lipinski definition) is 3. The number of carbonyl (C=O) groups is 2. The number of nitrogens with zero attached hydrogens (tertiary/aromatic N) is 2. The molecule has 2 amide bonds. The third-order valence-corrected chi connectivity index (χ3v) is 5.56. The van der Waals surface area contributed by atoms with Gasteiger partial charge in [0.2, 0.25) is 5.91 Å². The number of anilines is 2. The maximum absolute atomic E-state index is 13.5. The normalized spacial score (nSPS) is 16.7. The summed E-state index contributed by atoms with van der Waals surface area (Å²) in [6.07, 6.45) is 0.0976. The molecular weight excluding hydrogens is 421 g/mol. The standard InChI is InChI=1S/C23H27Cl2N3O2/c1-14(2)27-13-19(26-22(29)11-16-9-17(24)12-18(25)10-16)23(30)28(15(3)4)21-8-6-5-7-20(21)27/h5-10,12,14-15,19H,11,13H2,1-4H3,(H,26,29). The van der Waals surface area contributed by atoms with Crippen molar-refractivity contribution in [2.75, 3.05) is 16.3 Å². The van der Waals surface area contributed by atoms with Crippen LogP contribution in [0.3, 0.4) is 0 Å². The fourth-order valence-corrected chi connectivity index (χ4v) is 4.41. The van der Waals surface area contributed by atoms with E-state index in [4.69, 9.17) is 23.2 Å². The SMILES string of the molecule is CC(C)N1CC(NC(=O)Cc2cc(Cl)cc(Cl)c2)C(=O)N(C(C)C)c2ccccc21. The molecule has 30 heavy (non-hydrogen) atoms. The Morgan fingerprint density at radius 3 is 2.20 bits per heavy atom. The summed E-state index contributed by atoms with van der Waals surface area (Å²) in [7, 11) is 0. The van der Waals surface area contributed by atoms with Gasteiger partial charge in [0.05, 0.1) is 17.8 Å². The topological polar surface area (TPSA) is 52.7 Å². The van der Waals surface area contributed by atoms with Crippen LogP contribution in [-0.2, 0) is 16.0 Å². The summed E-state index contributed by atoms with van der Waals surface area (Å²) < 4.78 is 0. The molecule has 0 aromatic heterocycles. The van der Waals surface area contributed by atoms with Gasteiger partial charge in [-0.1, -0.05) is 35.3 Å². The van der Waals surface area contributed by atoms with Gasteiger partial charge in [-0.2, -0.15) is 0 Å². The number of nitrogens with one attached hydrogen (secondary N) is 1. The molecule has 1 atom stereocenters. The van der Waals surface area contributed by atoms with Gasteiger partial charge >= 0.3 is 0 Å². The fourth-order valence-electron chi connectivity index (χ4n) is 3.84. The molecule has 0 bridgehead atoms. The molecule has 2 aromatic rings. The zero-order chi connectivity index (χ0) is 22.0. The molecule has 0 saturated heterocycles. The predicted molar refractivity (Wildman–Crippen MR) is 124 cm³/mol. The number of para-hydroxylation sites is 2.